The van der Waals surface area contributed by atoms with E-state index in [-0.39, 0.29) is 50.0 Å². The van der Waals surface area contributed by atoms with Gasteiger partial charge in [0.25, 0.3) is 21.9 Å². The van der Waals surface area contributed by atoms with Crippen molar-refractivity contribution < 1.29 is 55.8 Å². The van der Waals surface area contributed by atoms with Gasteiger partial charge < -0.3 is 43.1 Å². The second-order valence-electron chi connectivity index (χ2n) is 21.0. The molecule has 4 heterocycles. The van der Waals surface area contributed by atoms with E-state index in [0.717, 1.165) is 76.1 Å². The minimum absolute atomic E-state index is 0.00273. The first kappa shape index (κ1) is 57.8. The summed E-state index contributed by atoms with van der Waals surface area (Å²) in [6.45, 7) is 11.3. The van der Waals surface area contributed by atoms with Crippen molar-refractivity contribution in [3.8, 4) is 17.2 Å². The van der Waals surface area contributed by atoms with E-state index in [1.807, 2.05) is 77.4 Å². The maximum atomic E-state index is 14.3. The van der Waals surface area contributed by atoms with Crippen LogP contribution in [0.2, 0.25) is 0 Å². The van der Waals surface area contributed by atoms with Gasteiger partial charge in [-0.1, -0.05) is 77.1 Å². The van der Waals surface area contributed by atoms with Crippen LogP contribution in [0.25, 0.3) is 6.08 Å². The number of amides is 2. The third-order valence-electron chi connectivity index (χ3n) is 14.9. The molecule has 0 radical (unpaired) electrons. The van der Waals surface area contributed by atoms with Crippen LogP contribution in [0, 0.1) is 6.92 Å². The van der Waals surface area contributed by atoms with E-state index < -0.39 is 25.9 Å². The second kappa shape index (κ2) is 25.7. The number of Topliss-reactive ketones (excluding diaryl/α,β-unsaturated/α-hetero) is 1. The summed E-state index contributed by atoms with van der Waals surface area (Å²) in [7, 11) is 1.70. The smallest absolute Gasteiger partial charge is 0.275 e. The summed E-state index contributed by atoms with van der Waals surface area (Å²) in [5.74, 6) is 1.34. The monoisotopic (exact) mass is 1130 g/mol. The van der Waals surface area contributed by atoms with E-state index in [1.165, 1.54) is 16.4 Å². The van der Waals surface area contributed by atoms with Gasteiger partial charge in [-0.3, -0.25) is 18.9 Å². The summed E-state index contributed by atoms with van der Waals surface area (Å²) in [6.07, 6.45) is 7.24. The number of fused-ring (bicyclic) bond motifs is 8. The first-order valence-corrected chi connectivity index (χ1v) is 30.8. The highest BCUT2D eigenvalue weighted by Gasteiger charge is 2.39. The zero-order chi connectivity index (χ0) is 55.8. The lowest BCUT2D eigenvalue weighted by molar-refractivity contribution is -0.118. The first-order valence-electron chi connectivity index (χ1n) is 27.0. The van der Waals surface area contributed by atoms with Gasteiger partial charge in [-0.25, -0.2) is 0 Å². The number of hydrogen-bond donors (Lipinski definition) is 1. The van der Waals surface area contributed by atoms with Crippen LogP contribution in [0.3, 0.4) is 0 Å². The van der Waals surface area contributed by atoms with Gasteiger partial charge in [0.05, 0.1) is 51.7 Å². The summed E-state index contributed by atoms with van der Waals surface area (Å²) >= 11 is 0. The molecule has 0 spiro atoms. The molecule has 4 aliphatic rings. The number of ketones is 1. The number of nitrogens with zero attached hydrogens (tertiary/aromatic N) is 3. The van der Waals surface area contributed by atoms with Gasteiger partial charge in [-0.15, -0.1) is 0 Å². The van der Waals surface area contributed by atoms with Crippen molar-refractivity contribution in [1.82, 2.24) is 0 Å². The standard InChI is InChI=1S/C61H71N3O12S3/c1-7-54(65)58(79(68,69)70)20-27-77-78-61(3,4)39-62(21-22-73-25-26-74-24-23-71-5)49-30-41(37-75-55-34-43-16-18-47-32-45-12-8-10-14-52(45)63(47)59(66)50(43)28-40(55)2)29-42(31-49)38-76-57-35-44-17-19-48-33-46-13-9-11-15-53(46)64(48)60(67)51(44)36-56(57)72-6/h8-15,17,19,28-31,34-36,47-48,58H,7,16,18,20-27,32-33,37-39H2,1-6H3,(H,68,69,70)/t47-,48-,58?/m1/s1. The molecule has 18 heteroatoms. The van der Waals surface area contributed by atoms with Crippen LogP contribution >= 0.6 is 21.6 Å². The molecule has 15 nitrogen and oxygen atoms in total. The van der Waals surface area contributed by atoms with Crippen molar-refractivity contribution >= 4 is 72.4 Å². The fourth-order valence-corrected chi connectivity index (χ4v) is 14.6. The SMILES string of the molecule is CCC(=O)C(CCSSC(C)(C)CN(CCOCCOCCOC)c1cc(COc2cc3c(cc2C)C(=O)N2c4ccccc4C[C@H]2CC3)cc(COc2cc3c(cc2OC)C(=O)N2c4ccccc4C[C@H]2C=C3)c1)S(=O)(=O)O. The number of methoxy groups -OCH3 is 2. The Morgan fingerprint density at radius 1 is 0.785 bits per heavy atom. The molecule has 4 aliphatic heterocycles. The molecule has 0 aromatic heterocycles. The Labute approximate surface area is 472 Å². The minimum Gasteiger partial charge on any atom is -0.493 e. The van der Waals surface area contributed by atoms with E-state index in [4.69, 9.17) is 28.4 Å². The molecule has 420 valence electrons. The molecule has 0 fully saturated rings. The average molecular weight is 1130 g/mol. The molecule has 2 amide bonds. The molecule has 0 saturated heterocycles. The molecule has 79 heavy (non-hydrogen) atoms. The predicted molar refractivity (Wildman–Crippen MR) is 313 cm³/mol. The Balaban J connectivity index is 0.996. The van der Waals surface area contributed by atoms with Crippen molar-refractivity contribution in [2.75, 3.05) is 80.8 Å². The maximum Gasteiger partial charge on any atom is 0.275 e. The maximum absolute atomic E-state index is 14.3. The number of hydrogen-bond acceptors (Lipinski definition) is 14. The summed E-state index contributed by atoms with van der Waals surface area (Å²) in [5.41, 5.74) is 10.6. The topological polar surface area (TPSA) is 171 Å². The Kier molecular flexibility index (Phi) is 18.8. The summed E-state index contributed by atoms with van der Waals surface area (Å²) in [6, 6.07) is 30.1. The summed E-state index contributed by atoms with van der Waals surface area (Å²) in [5, 5.41) is -1.46. The molecule has 5 aromatic carbocycles. The zero-order valence-corrected chi connectivity index (χ0v) is 48.3. The Hall–Kier alpha value is -5.86. The zero-order valence-electron chi connectivity index (χ0n) is 45.9. The van der Waals surface area contributed by atoms with E-state index in [9.17, 15) is 27.4 Å². The number of carbonyl (C=O) groups excluding carboxylic acids is 3. The van der Waals surface area contributed by atoms with Crippen LogP contribution in [0.4, 0.5) is 17.1 Å². The van der Waals surface area contributed by atoms with E-state index >= 15 is 0 Å². The molecule has 0 aliphatic carbocycles. The normalized spacial score (nSPS) is 16.7. The van der Waals surface area contributed by atoms with Crippen LogP contribution in [0.15, 0.2) is 97.1 Å². The van der Waals surface area contributed by atoms with Crippen molar-refractivity contribution in [3.63, 3.8) is 0 Å². The average Bonchev–Trinajstić information content (AvgIpc) is 4.20. The fraction of sp³-hybridized carbons (Fsp3) is 0.426. The lowest BCUT2D eigenvalue weighted by Gasteiger charge is -2.34. The summed E-state index contributed by atoms with van der Waals surface area (Å²) < 4.78 is 69.9. The van der Waals surface area contributed by atoms with Crippen LogP contribution in [-0.2, 0) is 61.6 Å². The van der Waals surface area contributed by atoms with Crippen molar-refractivity contribution in [1.29, 1.82) is 0 Å². The molecule has 9 rings (SSSR count). The van der Waals surface area contributed by atoms with Gasteiger partial charge in [0.15, 0.2) is 17.3 Å². The van der Waals surface area contributed by atoms with Crippen molar-refractivity contribution in [2.45, 2.75) is 102 Å². The largest absolute Gasteiger partial charge is 0.493 e. The molecule has 0 bridgehead atoms. The van der Waals surface area contributed by atoms with Crippen LogP contribution in [0.5, 0.6) is 17.2 Å². The molecule has 5 aromatic rings. The van der Waals surface area contributed by atoms with Crippen LogP contribution in [0.1, 0.15) is 99.7 Å². The number of para-hydroxylation sites is 2. The Morgan fingerprint density at radius 3 is 2.14 bits per heavy atom. The van der Waals surface area contributed by atoms with E-state index in [2.05, 4.69) is 55.2 Å². The molecule has 1 N–H and O–H groups in total. The van der Waals surface area contributed by atoms with Crippen molar-refractivity contribution in [2.24, 2.45) is 0 Å². The van der Waals surface area contributed by atoms with Gasteiger partial charge in [0.2, 0.25) is 0 Å². The third-order valence-corrected chi connectivity index (χ3v) is 19.4. The Morgan fingerprint density at radius 2 is 1.44 bits per heavy atom. The third kappa shape index (κ3) is 13.7. The van der Waals surface area contributed by atoms with E-state index in [1.54, 1.807) is 38.0 Å². The number of rotatable bonds is 27. The predicted octanol–water partition coefficient (Wildman–Crippen LogP) is 10.5. The number of ether oxygens (including phenoxy) is 6. The highest BCUT2D eigenvalue weighted by atomic mass is 33.1. The fourth-order valence-electron chi connectivity index (χ4n) is 11.0. The molecule has 3 atom stereocenters. The first-order chi connectivity index (χ1) is 38.0. The van der Waals surface area contributed by atoms with Crippen LogP contribution in [-0.4, -0.2) is 119 Å². The number of carbonyl (C=O) groups is 3. The quantitative estimate of drug-likeness (QED) is 0.0299. The van der Waals surface area contributed by atoms with E-state index in [0.29, 0.717) is 80.3 Å². The van der Waals surface area contributed by atoms with Gasteiger partial charge >= 0.3 is 0 Å². The molecular formula is C61H71N3O12S3. The molecule has 0 saturated carbocycles. The second-order valence-corrected chi connectivity index (χ2v) is 25.7. The molecular weight excluding hydrogens is 1060 g/mol. The lowest BCUT2D eigenvalue weighted by atomic mass is 9.98. The highest BCUT2D eigenvalue weighted by molar-refractivity contribution is 8.77. The number of anilines is 3. The van der Waals surface area contributed by atoms with Crippen LogP contribution < -0.4 is 28.9 Å². The lowest BCUT2D eigenvalue weighted by Crippen LogP contribution is -2.38. The van der Waals surface area contributed by atoms with Gasteiger partial charge in [-0.2, -0.15) is 8.42 Å². The van der Waals surface area contributed by atoms with Gasteiger partial charge in [0.1, 0.15) is 24.2 Å². The minimum atomic E-state index is -4.54. The Bertz CT molecular complexity index is 3180. The number of benzene rings is 5. The highest BCUT2D eigenvalue weighted by Crippen LogP contribution is 2.43. The van der Waals surface area contributed by atoms with Gasteiger partial charge in [0, 0.05) is 65.8 Å². The summed E-state index contributed by atoms with van der Waals surface area (Å²) in [4.78, 5) is 47.1. The van der Waals surface area contributed by atoms with Gasteiger partial charge in [-0.05, 0) is 146 Å². The molecule has 1 unspecified atom stereocenters. The van der Waals surface area contributed by atoms with Crippen molar-refractivity contribution in [3.05, 3.63) is 147 Å². The number of aryl methyl sites for hydroxylation is 2.